The number of hydrogen-bond donors (Lipinski definition) is 1. The van der Waals surface area contributed by atoms with Crippen LogP contribution in [-0.2, 0) is 0 Å². The van der Waals surface area contributed by atoms with E-state index in [1.165, 1.54) is 17.0 Å². The number of amides is 1. The lowest BCUT2D eigenvalue weighted by molar-refractivity contribution is 0.0738. The monoisotopic (exact) mass is 256 g/mol. The lowest BCUT2D eigenvalue weighted by Gasteiger charge is -2.24. The fraction of sp³-hybridized carbons (Fsp3) is 0.462. The van der Waals surface area contributed by atoms with Crippen LogP contribution in [0, 0.1) is 17.6 Å². The largest absolute Gasteiger partial charge is 0.339 e. The van der Waals surface area contributed by atoms with E-state index in [2.05, 4.69) is 0 Å². The molecule has 0 saturated carbocycles. The molecule has 3 nitrogen and oxygen atoms in total. The summed E-state index contributed by atoms with van der Waals surface area (Å²) >= 11 is 0. The fourth-order valence-corrected chi connectivity index (χ4v) is 1.65. The highest BCUT2D eigenvalue weighted by atomic mass is 19.2. The van der Waals surface area contributed by atoms with E-state index in [0.717, 1.165) is 6.07 Å². The zero-order valence-corrected chi connectivity index (χ0v) is 10.6. The van der Waals surface area contributed by atoms with Crippen LogP contribution in [0.15, 0.2) is 18.2 Å². The number of carbonyl (C=O) groups excluding carboxylic acids is 1. The van der Waals surface area contributed by atoms with Gasteiger partial charge in [-0.15, -0.1) is 0 Å². The minimum Gasteiger partial charge on any atom is -0.339 e. The molecule has 1 atom stereocenters. The highest BCUT2D eigenvalue weighted by Crippen LogP contribution is 2.14. The van der Waals surface area contributed by atoms with Crippen LogP contribution >= 0.6 is 0 Å². The Kier molecular flexibility index (Phi) is 5.22. The number of halogens is 2. The topological polar surface area (TPSA) is 46.3 Å². The maximum Gasteiger partial charge on any atom is 0.256 e. The van der Waals surface area contributed by atoms with E-state index >= 15 is 0 Å². The van der Waals surface area contributed by atoms with E-state index in [1.54, 1.807) is 6.92 Å². The summed E-state index contributed by atoms with van der Waals surface area (Å²) < 4.78 is 26.6. The highest BCUT2D eigenvalue weighted by molar-refractivity contribution is 5.94. The number of hydrogen-bond acceptors (Lipinski definition) is 2. The van der Waals surface area contributed by atoms with Gasteiger partial charge in [0, 0.05) is 13.1 Å². The van der Waals surface area contributed by atoms with Crippen LogP contribution in [-0.4, -0.2) is 30.4 Å². The van der Waals surface area contributed by atoms with Gasteiger partial charge < -0.3 is 10.6 Å². The van der Waals surface area contributed by atoms with Crippen molar-refractivity contribution in [3.8, 4) is 0 Å². The van der Waals surface area contributed by atoms with Crippen molar-refractivity contribution in [2.45, 2.75) is 13.8 Å². The summed E-state index contributed by atoms with van der Waals surface area (Å²) in [5.74, 6) is -2.49. The van der Waals surface area contributed by atoms with Gasteiger partial charge in [0.25, 0.3) is 5.91 Å². The maximum absolute atomic E-state index is 13.5. The molecule has 0 fully saturated rings. The molecule has 1 unspecified atom stereocenters. The lowest BCUT2D eigenvalue weighted by atomic mass is 10.1. The van der Waals surface area contributed by atoms with E-state index in [9.17, 15) is 13.6 Å². The molecule has 100 valence electrons. The molecule has 0 spiro atoms. The highest BCUT2D eigenvalue weighted by Gasteiger charge is 2.21. The van der Waals surface area contributed by atoms with Gasteiger partial charge in [-0.2, -0.15) is 0 Å². The third kappa shape index (κ3) is 3.26. The van der Waals surface area contributed by atoms with Gasteiger partial charge in [-0.05, 0) is 31.5 Å². The van der Waals surface area contributed by atoms with Crippen molar-refractivity contribution in [2.24, 2.45) is 11.7 Å². The Balaban J connectivity index is 2.93. The Bertz CT molecular complexity index is 423. The second kappa shape index (κ2) is 6.44. The van der Waals surface area contributed by atoms with Crippen LogP contribution in [0.2, 0.25) is 0 Å². The molecule has 0 bridgehead atoms. The van der Waals surface area contributed by atoms with E-state index in [4.69, 9.17) is 5.73 Å². The molecule has 0 aromatic heterocycles. The first-order valence-corrected chi connectivity index (χ1v) is 5.94. The van der Waals surface area contributed by atoms with E-state index in [-0.39, 0.29) is 11.5 Å². The van der Waals surface area contributed by atoms with Crippen molar-refractivity contribution in [1.82, 2.24) is 4.90 Å². The predicted octanol–water partition coefficient (Wildman–Crippen LogP) is 2.02. The third-order valence-corrected chi connectivity index (χ3v) is 2.79. The van der Waals surface area contributed by atoms with Crippen molar-refractivity contribution in [3.05, 3.63) is 35.4 Å². The summed E-state index contributed by atoms with van der Waals surface area (Å²) in [6.45, 7) is 4.99. The van der Waals surface area contributed by atoms with Crippen molar-refractivity contribution >= 4 is 5.91 Å². The molecule has 1 aromatic carbocycles. The second-order valence-corrected chi connectivity index (χ2v) is 4.29. The van der Waals surface area contributed by atoms with Crippen LogP contribution in [0.3, 0.4) is 0 Å². The first-order valence-electron chi connectivity index (χ1n) is 5.94. The SMILES string of the molecule is CCN(CC(C)CN)C(=O)c1cccc(F)c1F. The second-order valence-electron chi connectivity index (χ2n) is 4.29. The molecular formula is C13H18F2N2O. The number of nitrogens with zero attached hydrogens (tertiary/aromatic N) is 1. The molecule has 1 amide bonds. The lowest BCUT2D eigenvalue weighted by Crippen LogP contribution is -2.37. The molecule has 0 saturated heterocycles. The summed E-state index contributed by atoms with van der Waals surface area (Å²) in [4.78, 5) is 13.5. The average Bonchev–Trinajstić information content (AvgIpc) is 2.38. The smallest absolute Gasteiger partial charge is 0.256 e. The van der Waals surface area contributed by atoms with Gasteiger partial charge in [-0.3, -0.25) is 4.79 Å². The summed E-state index contributed by atoms with van der Waals surface area (Å²) in [7, 11) is 0. The number of nitrogens with two attached hydrogens (primary N) is 1. The van der Waals surface area contributed by atoms with Gasteiger partial charge in [0.15, 0.2) is 11.6 Å². The van der Waals surface area contributed by atoms with Crippen LogP contribution < -0.4 is 5.73 Å². The number of carbonyl (C=O) groups is 1. The fourth-order valence-electron chi connectivity index (χ4n) is 1.65. The molecule has 0 radical (unpaired) electrons. The molecule has 18 heavy (non-hydrogen) atoms. The maximum atomic E-state index is 13.5. The summed E-state index contributed by atoms with van der Waals surface area (Å²) in [5.41, 5.74) is 5.26. The molecule has 2 N–H and O–H groups in total. The first-order chi connectivity index (χ1) is 8.51. The predicted molar refractivity (Wildman–Crippen MR) is 66.2 cm³/mol. The van der Waals surface area contributed by atoms with Crippen LogP contribution in [0.5, 0.6) is 0 Å². The molecule has 0 aliphatic carbocycles. The quantitative estimate of drug-likeness (QED) is 0.876. The van der Waals surface area contributed by atoms with Crippen LogP contribution in [0.4, 0.5) is 8.78 Å². The van der Waals surface area contributed by atoms with Gasteiger partial charge >= 0.3 is 0 Å². The number of benzene rings is 1. The van der Waals surface area contributed by atoms with E-state index in [0.29, 0.717) is 19.6 Å². The molecule has 0 heterocycles. The molecular weight excluding hydrogens is 238 g/mol. The Hall–Kier alpha value is -1.49. The minimum atomic E-state index is -1.10. The van der Waals surface area contributed by atoms with Gasteiger partial charge in [0.1, 0.15) is 0 Å². The van der Waals surface area contributed by atoms with Crippen LogP contribution in [0.25, 0.3) is 0 Å². The molecule has 1 rings (SSSR count). The van der Waals surface area contributed by atoms with Crippen molar-refractivity contribution < 1.29 is 13.6 Å². The average molecular weight is 256 g/mol. The Labute approximate surface area is 106 Å². The van der Waals surface area contributed by atoms with Gasteiger partial charge in [-0.25, -0.2) is 8.78 Å². The van der Waals surface area contributed by atoms with E-state index in [1.807, 2.05) is 6.92 Å². The van der Waals surface area contributed by atoms with Gasteiger partial charge in [0.05, 0.1) is 5.56 Å². The van der Waals surface area contributed by atoms with Crippen molar-refractivity contribution in [2.75, 3.05) is 19.6 Å². The summed E-state index contributed by atoms with van der Waals surface area (Å²) in [6.07, 6.45) is 0. The zero-order valence-electron chi connectivity index (χ0n) is 10.6. The Morgan fingerprint density at radius 1 is 1.44 bits per heavy atom. The molecule has 1 aromatic rings. The zero-order chi connectivity index (χ0) is 13.7. The Morgan fingerprint density at radius 2 is 2.11 bits per heavy atom. The molecule has 0 aliphatic rings. The van der Waals surface area contributed by atoms with Gasteiger partial charge in [-0.1, -0.05) is 13.0 Å². The number of rotatable bonds is 5. The molecule has 0 aliphatic heterocycles. The Morgan fingerprint density at radius 3 is 2.67 bits per heavy atom. The van der Waals surface area contributed by atoms with Crippen molar-refractivity contribution in [3.63, 3.8) is 0 Å². The van der Waals surface area contributed by atoms with Crippen LogP contribution in [0.1, 0.15) is 24.2 Å². The van der Waals surface area contributed by atoms with Gasteiger partial charge in [0.2, 0.25) is 0 Å². The summed E-state index contributed by atoms with van der Waals surface area (Å²) in [6, 6.07) is 3.60. The standard InChI is InChI=1S/C13H18F2N2O/c1-3-17(8-9(2)7-16)13(18)10-5-4-6-11(14)12(10)15/h4-6,9H,3,7-8,16H2,1-2H3. The minimum absolute atomic E-state index is 0.116. The normalized spacial score (nSPS) is 12.3. The first kappa shape index (κ1) is 14.6. The van der Waals surface area contributed by atoms with E-state index < -0.39 is 17.5 Å². The molecule has 5 heteroatoms. The van der Waals surface area contributed by atoms with Crippen molar-refractivity contribution in [1.29, 1.82) is 0 Å². The third-order valence-electron chi connectivity index (χ3n) is 2.79. The summed E-state index contributed by atoms with van der Waals surface area (Å²) in [5, 5.41) is 0.